The van der Waals surface area contributed by atoms with Gasteiger partial charge in [0.1, 0.15) is 0 Å². The molecule has 0 aliphatic heterocycles. The van der Waals surface area contributed by atoms with Crippen LogP contribution >= 0.6 is 0 Å². The lowest BCUT2D eigenvalue weighted by Crippen LogP contribution is -2.10. The zero-order valence-corrected chi connectivity index (χ0v) is 12.5. The van der Waals surface area contributed by atoms with E-state index in [0.29, 0.717) is 6.42 Å². The molecule has 0 saturated heterocycles. The fourth-order valence-corrected chi connectivity index (χ4v) is 2.05. The second-order valence-electron chi connectivity index (χ2n) is 5.68. The maximum absolute atomic E-state index is 8.56. The highest BCUT2D eigenvalue weighted by atomic mass is 14.2. The summed E-state index contributed by atoms with van der Waals surface area (Å²) in [5.74, 6) is 0. The summed E-state index contributed by atoms with van der Waals surface area (Å²) in [7, 11) is 0. The minimum absolute atomic E-state index is 0.0604. The molecule has 1 aromatic carbocycles. The fraction of sp³-hybridized carbons (Fsp3) is 0.368. The molecule has 0 aliphatic rings. The van der Waals surface area contributed by atoms with E-state index in [0.717, 1.165) is 24.8 Å². The summed E-state index contributed by atoms with van der Waals surface area (Å²) >= 11 is 0. The number of nitriles is 1. The van der Waals surface area contributed by atoms with Crippen LogP contribution in [0.25, 0.3) is 0 Å². The van der Waals surface area contributed by atoms with Gasteiger partial charge in [0.25, 0.3) is 0 Å². The summed E-state index contributed by atoms with van der Waals surface area (Å²) in [6.07, 6.45) is 7.29. The normalized spacial score (nSPS) is 10.2. The predicted octanol–water partition coefficient (Wildman–Crippen LogP) is 5.22. The van der Waals surface area contributed by atoms with Crippen LogP contribution in [0.2, 0.25) is 0 Å². The molecule has 20 heavy (non-hydrogen) atoms. The van der Waals surface area contributed by atoms with Crippen molar-refractivity contribution in [3.63, 3.8) is 0 Å². The van der Waals surface area contributed by atoms with Crippen LogP contribution in [-0.4, -0.2) is 0 Å². The monoisotopic (exact) mass is 265 g/mol. The highest BCUT2D eigenvalue weighted by Gasteiger charge is 2.14. The van der Waals surface area contributed by atoms with Gasteiger partial charge in [-0.25, -0.2) is 0 Å². The first-order chi connectivity index (χ1) is 9.57. The Balaban J connectivity index is 2.73. The highest BCUT2D eigenvalue weighted by molar-refractivity contribution is 5.20. The SMILES string of the molecule is C=CC(=C=CC(C)(C)Cc1ccccc1)CCCC#N. The first-order valence-electron chi connectivity index (χ1n) is 7.07. The van der Waals surface area contributed by atoms with Crippen molar-refractivity contribution in [2.75, 3.05) is 0 Å². The fourth-order valence-electron chi connectivity index (χ4n) is 2.05. The maximum Gasteiger partial charge on any atom is 0.0621 e. The minimum atomic E-state index is 0.0604. The molecule has 1 heteroatoms. The highest BCUT2D eigenvalue weighted by Crippen LogP contribution is 2.23. The van der Waals surface area contributed by atoms with E-state index in [1.165, 1.54) is 5.56 Å². The Labute approximate surface area is 122 Å². The van der Waals surface area contributed by atoms with Crippen LogP contribution in [0.1, 0.15) is 38.7 Å². The van der Waals surface area contributed by atoms with Crippen LogP contribution in [0.4, 0.5) is 0 Å². The van der Waals surface area contributed by atoms with Gasteiger partial charge in [0.05, 0.1) is 6.07 Å². The van der Waals surface area contributed by atoms with Gasteiger partial charge in [-0.15, -0.1) is 5.73 Å². The quantitative estimate of drug-likeness (QED) is 0.377. The van der Waals surface area contributed by atoms with E-state index < -0.39 is 0 Å². The topological polar surface area (TPSA) is 23.8 Å². The molecule has 0 atom stereocenters. The average molecular weight is 265 g/mol. The van der Waals surface area contributed by atoms with E-state index in [4.69, 9.17) is 5.26 Å². The van der Waals surface area contributed by atoms with Gasteiger partial charge in [-0.3, -0.25) is 0 Å². The molecule has 0 amide bonds. The molecule has 0 N–H and O–H groups in total. The van der Waals surface area contributed by atoms with Gasteiger partial charge in [-0.05, 0) is 41.9 Å². The lowest BCUT2D eigenvalue weighted by Gasteiger charge is -2.19. The molecule has 0 spiro atoms. The van der Waals surface area contributed by atoms with Gasteiger partial charge in [0, 0.05) is 6.42 Å². The molecule has 0 aliphatic carbocycles. The number of allylic oxidation sites excluding steroid dienone is 2. The molecular formula is C19H23N. The first kappa shape index (κ1) is 16.0. The zero-order valence-electron chi connectivity index (χ0n) is 12.5. The number of hydrogen-bond donors (Lipinski definition) is 0. The van der Waals surface area contributed by atoms with Crippen LogP contribution in [0.15, 0.2) is 60.4 Å². The van der Waals surface area contributed by atoms with Crippen LogP contribution in [-0.2, 0) is 6.42 Å². The molecule has 0 bridgehead atoms. The Kier molecular flexibility index (Phi) is 6.57. The summed E-state index contributed by atoms with van der Waals surface area (Å²) in [6, 6.07) is 12.7. The summed E-state index contributed by atoms with van der Waals surface area (Å²) in [5, 5.41) is 8.56. The molecule has 0 radical (unpaired) electrons. The molecule has 1 aromatic rings. The van der Waals surface area contributed by atoms with Crippen molar-refractivity contribution in [3.05, 3.63) is 65.9 Å². The van der Waals surface area contributed by atoms with Crippen molar-refractivity contribution in [1.82, 2.24) is 0 Å². The van der Waals surface area contributed by atoms with Gasteiger partial charge >= 0.3 is 0 Å². The largest absolute Gasteiger partial charge is 0.198 e. The van der Waals surface area contributed by atoms with E-state index in [1.54, 1.807) is 0 Å². The second-order valence-corrected chi connectivity index (χ2v) is 5.68. The summed E-state index contributed by atoms with van der Waals surface area (Å²) < 4.78 is 0. The minimum Gasteiger partial charge on any atom is -0.198 e. The standard InChI is InChI=1S/C19H23N/c1-4-17(10-8-9-15-20)13-14-19(2,3)16-18-11-6-5-7-12-18/h4-7,11-12,14H,1,8-10,16H2,2-3H3. The smallest absolute Gasteiger partial charge is 0.0621 e. The van der Waals surface area contributed by atoms with E-state index in [2.05, 4.69) is 62.6 Å². The first-order valence-corrected chi connectivity index (χ1v) is 7.07. The predicted molar refractivity (Wildman–Crippen MR) is 85.2 cm³/mol. The molecule has 0 unspecified atom stereocenters. The third-order valence-electron chi connectivity index (χ3n) is 3.13. The molecular weight excluding hydrogens is 242 g/mol. The van der Waals surface area contributed by atoms with Crippen LogP contribution in [0.5, 0.6) is 0 Å². The number of rotatable bonds is 7. The van der Waals surface area contributed by atoms with Crippen molar-refractivity contribution < 1.29 is 0 Å². The third kappa shape index (κ3) is 6.23. The van der Waals surface area contributed by atoms with Crippen molar-refractivity contribution in [2.24, 2.45) is 5.41 Å². The Bertz CT molecular complexity index is 523. The van der Waals surface area contributed by atoms with Gasteiger partial charge in [-0.2, -0.15) is 5.26 Å². The number of hydrogen-bond acceptors (Lipinski definition) is 1. The van der Waals surface area contributed by atoms with Crippen LogP contribution in [0.3, 0.4) is 0 Å². The second kappa shape index (κ2) is 8.20. The zero-order chi connectivity index (χ0) is 14.8. The van der Waals surface area contributed by atoms with E-state index in [1.807, 2.05) is 12.1 Å². The number of unbranched alkanes of at least 4 members (excludes halogenated alkanes) is 1. The Morgan fingerprint density at radius 2 is 2.00 bits per heavy atom. The van der Waals surface area contributed by atoms with Gasteiger partial charge in [0.15, 0.2) is 0 Å². The summed E-state index contributed by atoms with van der Waals surface area (Å²) in [6.45, 7) is 8.24. The lowest BCUT2D eigenvalue weighted by molar-refractivity contribution is 0.478. The van der Waals surface area contributed by atoms with Crippen LogP contribution < -0.4 is 0 Å². The Morgan fingerprint density at radius 1 is 1.30 bits per heavy atom. The van der Waals surface area contributed by atoms with E-state index in [-0.39, 0.29) is 5.41 Å². The van der Waals surface area contributed by atoms with Crippen LogP contribution in [0, 0.1) is 16.7 Å². The number of nitrogens with zero attached hydrogens (tertiary/aromatic N) is 1. The molecule has 0 aromatic heterocycles. The average Bonchev–Trinajstić information content (AvgIpc) is 2.43. The van der Waals surface area contributed by atoms with Crippen molar-refractivity contribution in [2.45, 2.75) is 39.5 Å². The summed E-state index contributed by atoms with van der Waals surface area (Å²) in [4.78, 5) is 0. The van der Waals surface area contributed by atoms with Gasteiger partial charge < -0.3 is 0 Å². The summed E-state index contributed by atoms with van der Waals surface area (Å²) in [5.41, 5.74) is 5.83. The van der Waals surface area contributed by atoms with E-state index >= 15 is 0 Å². The molecule has 0 heterocycles. The maximum atomic E-state index is 8.56. The van der Waals surface area contributed by atoms with Gasteiger partial charge in [0.2, 0.25) is 0 Å². The third-order valence-corrected chi connectivity index (χ3v) is 3.13. The van der Waals surface area contributed by atoms with Crippen molar-refractivity contribution in [3.8, 4) is 6.07 Å². The molecule has 1 rings (SSSR count). The van der Waals surface area contributed by atoms with Gasteiger partial charge in [-0.1, -0.05) is 56.8 Å². The lowest BCUT2D eigenvalue weighted by atomic mass is 9.85. The Morgan fingerprint density at radius 3 is 2.60 bits per heavy atom. The Hall–Kier alpha value is -2.03. The molecule has 0 saturated carbocycles. The molecule has 104 valence electrons. The van der Waals surface area contributed by atoms with E-state index in [9.17, 15) is 0 Å². The van der Waals surface area contributed by atoms with Crippen molar-refractivity contribution >= 4 is 0 Å². The number of benzene rings is 1. The molecule has 1 nitrogen and oxygen atoms in total. The molecule has 0 fully saturated rings. The van der Waals surface area contributed by atoms with Crippen molar-refractivity contribution in [1.29, 1.82) is 5.26 Å².